The summed E-state index contributed by atoms with van der Waals surface area (Å²) in [5.41, 5.74) is 3.13. The summed E-state index contributed by atoms with van der Waals surface area (Å²) in [6.07, 6.45) is 1.55. The molecule has 2 aromatic carbocycles. The number of amides is 3. The molecule has 1 heterocycles. The molecule has 1 N–H and O–H groups in total. The maximum atomic E-state index is 12.6. The van der Waals surface area contributed by atoms with Gasteiger partial charge in [-0.1, -0.05) is 48.0 Å². The molecule has 0 saturated carbocycles. The highest BCUT2D eigenvalue weighted by atomic mass is 35.5. The highest BCUT2D eigenvalue weighted by Crippen LogP contribution is 2.21. The number of urea groups is 1. The van der Waals surface area contributed by atoms with Crippen molar-refractivity contribution in [1.82, 2.24) is 15.1 Å². The molecule has 1 aliphatic rings. The van der Waals surface area contributed by atoms with E-state index in [-0.39, 0.29) is 18.0 Å². The van der Waals surface area contributed by atoms with E-state index in [1.165, 1.54) is 0 Å². The molecule has 1 fully saturated rings. The molecule has 5 nitrogen and oxygen atoms in total. The first kappa shape index (κ1) is 20.2. The lowest BCUT2D eigenvalue weighted by atomic mass is 10.1. The van der Waals surface area contributed by atoms with E-state index in [9.17, 15) is 9.59 Å². The average Bonchev–Trinajstić information content (AvgIpc) is 3.11. The molecule has 1 saturated heterocycles. The number of rotatable bonds is 6. The number of nitrogens with one attached hydrogen (secondary N) is 1. The van der Waals surface area contributed by atoms with Crippen LogP contribution in [0.15, 0.2) is 48.5 Å². The highest BCUT2D eigenvalue weighted by molar-refractivity contribution is 6.30. The molecule has 3 amide bonds. The van der Waals surface area contributed by atoms with E-state index >= 15 is 0 Å². The van der Waals surface area contributed by atoms with Crippen LogP contribution < -0.4 is 5.32 Å². The minimum absolute atomic E-state index is 0.0743. The summed E-state index contributed by atoms with van der Waals surface area (Å²) in [6.45, 7) is 3.81. The van der Waals surface area contributed by atoms with Gasteiger partial charge in [0, 0.05) is 38.1 Å². The van der Waals surface area contributed by atoms with Gasteiger partial charge in [0.05, 0.1) is 6.04 Å². The highest BCUT2D eigenvalue weighted by Gasteiger charge is 2.21. The average molecular weight is 400 g/mol. The number of nitrogens with zero attached hydrogens (tertiary/aromatic N) is 2. The van der Waals surface area contributed by atoms with Crippen LogP contribution in [0.25, 0.3) is 0 Å². The first-order valence-electron chi connectivity index (χ1n) is 9.56. The van der Waals surface area contributed by atoms with Gasteiger partial charge in [0.2, 0.25) is 5.91 Å². The van der Waals surface area contributed by atoms with Crippen LogP contribution in [-0.2, 0) is 17.9 Å². The Morgan fingerprint density at radius 2 is 1.86 bits per heavy atom. The van der Waals surface area contributed by atoms with Gasteiger partial charge in [-0.15, -0.1) is 0 Å². The number of benzene rings is 2. The molecular weight excluding hydrogens is 374 g/mol. The molecule has 0 radical (unpaired) electrons. The Morgan fingerprint density at radius 1 is 1.18 bits per heavy atom. The van der Waals surface area contributed by atoms with Crippen LogP contribution in [0, 0.1) is 0 Å². The third-order valence-corrected chi connectivity index (χ3v) is 5.59. The summed E-state index contributed by atoms with van der Waals surface area (Å²) < 4.78 is 0. The molecule has 28 heavy (non-hydrogen) atoms. The van der Waals surface area contributed by atoms with Crippen molar-refractivity contribution in [3.05, 3.63) is 70.2 Å². The Bertz CT molecular complexity index is 838. The minimum atomic E-state index is -0.144. The maximum absolute atomic E-state index is 12.6. The van der Waals surface area contributed by atoms with Crippen molar-refractivity contribution in [1.29, 1.82) is 0 Å². The molecular formula is C22H26ClN3O2. The number of halogens is 1. The quantitative estimate of drug-likeness (QED) is 0.784. The number of carbonyl (C=O) groups is 2. The molecule has 148 valence electrons. The normalized spacial score (nSPS) is 14.8. The van der Waals surface area contributed by atoms with E-state index in [4.69, 9.17) is 11.6 Å². The van der Waals surface area contributed by atoms with Gasteiger partial charge in [-0.3, -0.25) is 4.79 Å². The van der Waals surface area contributed by atoms with Gasteiger partial charge in [0.1, 0.15) is 0 Å². The molecule has 0 unspecified atom stereocenters. The Hall–Kier alpha value is -2.53. The third-order valence-electron chi connectivity index (χ3n) is 5.33. The fourth-order valence-corrected chi connectivity index (χ4v) is 3.52. The lowest BCUT2D eigenvalue weighted by molar-refractivity contribution is -0.128. The van der Waals surface area contributed by atoms with Crippen molar-refractivity contribution in [2.75, 3.05) is 13.6 Å². The van der Waals surface area contributed by atoms with Crippen LogP contribution in [0.1, 0.15) is 42.5 Å². The van der Waals surface area contributed by atoms with E-state index in [2.05, 4.69) is 5.32 Å². The van der Waals surface area contributed by atoms with Crippen LogP contribution in [-0.4, -0.2) is 35.3 Å². The summed E-state index contributed by atoms with van der Waals surface area (Å²) in [5, 5.41) is 3.67. The smallest absolute Gasteiger partial charge is 0.317 e. The topological polar surface area (TPSA) is 52.7 Å². The monoisotopic (exact) mass is 399 g/mol. The van der Waals surface area contributed by atoms with Gasteiger partial charge >= 0.3 is 6.03 Å². The molecule has 0 bridgehead atoms. The Morgan fingerprint density at radius 3 is 2.50 bits per heavy atom. The van der Waals surface area contributed by atoms with Crippen molar-refractivity contribution in [2.45, 2.75) is 38.9 Å². The van der Waals surface area contributed by atoms with Crippen molar-refractivity contribution < 1.29 is 9.59 Å². The number of hydrogen-bond acceptors (Lipinski definition) is 2. The lowest BCUT2D eigenvalue weighted by Crippen LogP contribution is -2.38. The van der Waals surface area contributed by atoms with Gasteiger partial charge in [-0.25, -0.2) is 4.79 Å². The summed E-state index contributed by atoms with van der Waals surface area (Å²) >= 11 is 5.94. The van der Waals surface area contributed by atoms with Gasteiger partial charge in [-0.2, -0.15) is 0 Å². The summed E-state index contributed by atoms with van der Waals surface area (Å²) in [5.74, 6) is 0.204. The van der Waals surface area contributed by atoms with E-state index in [0.29, 0.717) is 24.5 Å². The number of likely N-dealkylation sites (tertiary alicyclic amines) is 1. The zero-order valence-electron chi connectivity index (χ0n) is 16.3. The predicted octanol–water partition coefficient (Wildman–Crippen LogP) is 4.37. The molecule has 1 aliphatic heterocycles. The van der Waals surface area contributed by atoms with Crippen molar-refractivity contribution in [2.24, 2.45) is 0 Å². The first-order chi connectivity index (χ1) is 13.5. The summed E-state index contributed by atoms with van der Waals surface area (Å²) in [4.78, 5) is 28.1. The van der Waals surface area contributed by atoms with E-state index in [0.717, 1.165) is 29.7 Å². The van der Waals surface area contributed by atoms with Crippen LogP contribution in [0.2, 0.25) is 5.02 Å². The minimum Gasteiger partial charge on any atom is -0.338 e. The van der Waals surface area contributed by atoms with Crippen molar-refractivity contribution in [3.8, 4) is 0 Å². The van der Waals surface area contributed by atoms with Crippen molar-refractivity contribution >= 4 is 23.5 Å². The fourth-order valence-electron chi connectivity index (χ4n) is 3.40. The van der Waals surface area contributed by atoms with Crippen LogP contribution in [0.4, 0.5) is 4.79 Å². The predicted molar refractivity (Wildman–Crippen MR) is 111 cm³/mol. The SMILES string of the molecule is C[C@@H](c1ccc(Cl)cc1)N(C)C(=O)NCc1ccccc1CN1CCCC1=O. The first-order valence-corrected chi connectivity index (χ1v) is 9.94. The Balaban J connectivity index is 1.61. The second-order valence-corrected chi connectivity index (χ2v) is 7.62. The van der Waals surface area contributed by atoms with Gasteiger partial charge < -0.3 is 15.1 Å². The second kappa shape index (κ2) is 9.11. The number of hydrogen-bond donors (Lipinski definition) is 1. The van der Waals surface area contributed by atoms with E-state index in [1.54, 1.807) is 11.9 Å². The fraction of sp³-hybridized carbons (Fsp3) is 0.364. The standard InChI is InChI=1S/C22H26ClN3O2/c1-16(17-9-11-20(23)12-10-17)25(2)22(28)24-14-18-6-3-4-7-19(18)15-26-13-5-8-21(26)27/h3-4,6-7,9-12,16H,5,8,13-15H2,1-2H3,(H,24,28)/t16-/m0/s1. The van der Waals surface area contributed by atoms with Gasteiger partial charge in [-0.05, 0) is 42.2 Å². The molecule has 0 spiro atoms. The van der Waals surface area contributed by atoms with E-state index < -0.39 is 0 Å². The molecule has 0 aromatic heterocycles. The largest absolute Gasteiger partial charge is 0.338 e. The van der Waals surface area contributed by atoms with Crippen molar-refractivity contribution in [3.63, 3.8) is 0 Å². The summed E-state index contributed by atoms with van der Waals surface area (Å²) in [6, 6.07) is 15.2. The lowest BCUT2D eigenvalue weighted by Gasteiger charge is -2.26. The second-order valence-electron chi connectivity index (χ2n) is 7.18. The zero-order valence-corrected chi connectivity index (χ0v) is 17.1. The van der Waals surface area contributed by atoms with Crippen LogP contribution in [0.5, 0.6) is 0 Å². The summed E-state index contributed by atoms with van der Waals surface area (Å²) in [7, 11) is 1.78. The van der Waals surface area contributed by atoms with Crippen LogP contribution in [0.3, 0.4) is 0 Å². The molecule has 0 aliphatic carbocycles. The molecule has 6 heteroatoms. The number of carbonyl (C=O) groups excluding carboxylic acids is 2. The van der Waals surface area contributed by atoms with Gasteiger partial charge in [0.15, 0.2) is 0 Å². The molecule has 1 atom stereocenters. The Kier molecular flexibility index (Phi) is 6.57. The zero-order chi connectivity index (χ0) is 20.1. The molecule has 3 rings (SSSR count). The van der Waals surface area contributed by atoms with E-state index in [1.807, 2.05) is 60.4 Å². The maximum Gasteiger partial charge on any atom is 0.317 e. The van der Waals surface area contributed by atoms with Gasteiger partial charge in [0.25, 0.3) is 0 Å². The third kappa shape index (κ3) is 4.84. The Labute approximate surface area is 171 Å². The molecule has 2 aromatic rings. The van der Waals surface area contributed by atoms with Crippen LogP contribution >= 0.6 is 11.6 Å².